The molecule has 3 N–H and O–H groups in total. The van der Waals surface area contributed by atoms with Crippen molar-refractivity contribution in [2.45, 2.75) is 58.3 Å². The van der Waals surface area contributed by atoms with E-state index in [1.807, 2.05) is 0 Å². The van der Waals surface area contributed by atoms with Crippen LogP contribution in [0.5, 0.6) is 0 Å². The van der Waals surface area contributed by atoms with Crippen molar-refractivity contribution in [1.29, 1.82) is 0 Å². The number of nitrogens with two attached hydrogens (primary N) is 1. The predicted molar refractivity (Wildman–Crippen MR) is 68.7 cm³/mol. The minimum atomic E-state index is -0.156. The number of unbranched alkanes of at least 4 members (excludes halogenated alkanes) is 3. The van der Waals surface area contributed by atoms with Crippen molar-refractivity contribution >= 4 is 6.02 Å². The van der Waals surface area contributed by atoms with Gasteiger partial charge in [-0.05, 0) is 36.9 Å². The van der Waals surface area contributed by atoms with E-state index in [-0.39, 0.29) is 6.02 Å². The van der Waals surface area contributed by atoms with Gasteiger partial charge in [-0.2, -0.15) is 0 Å². The fraction of sp³-hybridized carbons (Fsp3) is 0.769. The van der Waals surface area contributed by atoms with Gasteiger partial charge in [-0.25, -0.2) is 0 Å². The van der Waals surface area contributed by atoms with Crippen molar-refractivity contribution in [3.8, 4) is 0 Å². The molecule has 0 amide bonds. The van der Waals surface area contributed by atoms with Gasteiger partial charge in [-0.15, -0.1) is 0 Å². The fourth-order valence-electron chi connectivity index (χ4n) is 2.29. The summed E-state index contributed by atoms with van der Waals surface area (Å²) in [4.78, 5) is 0. The first-order valence-corrected chi connectivity index (χ1v) is 6.63. The van der Waals surface area contributed by atoms with Crippen LogP contribution < -0.4 is 5.73 Å². The molecule has 0 aromatic carbocycles. The first-order chi connectivity index (χ1) is 8.27. The van der Waals surface area contributed by atoms with Gasteiger partial charge >= 0.3 is 6.02 Å². The summed E-state index contributed by atoms with van der Waals surface area (Å²) in [5.74, 6) is 1.34. The van der Waals surface area contributed by atoms with Crippen LogP contribution in [0, 0.1) is 5.92 Å². The molecule has 1 rings (SSSR count). The van der Waals surface area contributed by atoms with Gasteiger partial charge in [0.15, 0.2) is 0 Å². The zero-order valence-corrected chi connectivity index (χ0v) is 10.7. The molecule has 0 aromatic rings. The minimum Gasteiger partial charge on any atom is -0.429 e. The number of oxime groups is 1. The first kappa shape index (κ1) is 13.9. The fourth-order valence-corrected chi connectivity index (χ4v) is 2.29. The molecular weight excluding hydrogens is 216 g/mol. The highest BCUT2D eigenvalue weighted by Crippen LogP contribution is 2.30. The topological polar surface area (TPSA) is 67.8 Å². The second-order valence-electron chi connectivity index (χ2n) is 4.62. The molecule has 1 unspecified atom stereocenters. The third-order valence-corrected chi connectivity index (χ3v) is 3.23. The van der Waals surface area contributed by atoms with Gasteiger partial charge in [0.2, 0.25) is 0 Å². The number of hydrogen-bond acceptors (Lipinski definition) is 3. The van der Waals surface area contributed by atoms with Gasteiger partial charge in [0.1, 0.15) is 5.76 Å². The Hall–Kier alpha value is -1.19. The molecule has 0 aromatic heterocycles. The predicted octanol–water partition coefficient (Wildman–Crippen LogP) is 3.36. The monoisotopic (exact) mass is 240 g/mol. The number of hydrogen-bond donors (Lipinski definition) is 2. The normalized spacial score (nSPS) is 21.1. The van der Waals surface area contributed by atoms with Gasteiger partial charge in [0, 0.05) is 5.92 Å². The van der Waals surface area contributed by atoms with E-state index < -0.39 is 0 Å². The lowest BCUT2D eigenvalue weighted by atomic mass is 9.89. The highest BCUT2D eigenvalue weighted by atomic mass is 16.5. The van der Waals surface area contributed by atoms with E-state index in [1.54, 1.807) is 0 Å². The molecule has 0 bridgehead atoms. The van der Waals surface area contributed by atoms with Crippen LogP contribution >= 0.6 is 0 Å². The molecule has 4 nitrogen and oxygen atoms in total. The van der Waals surface area contributed by atoms with Crippen molar-refractivity contribution in [2.75, 3.05) is 0 Å². The second kappa shape index (κ2) is 7.98. The third kappa shape index (κ3) is 5.11. The largest absolute Gasteiger partial charge is 0.429 e. The average molecular weight is 240 g/mol. The van der Waals surface area contributed by atoms with E-state index >= 15 is 0 Å². The Morgan fingerprint density at radius 3 is 3.06 bits per heavy atom. The smallest absolute Gasteiger partial charge is 0.326 e. The zero-order valence-electron chi connectivity index (χ0n) is 10.7. The molecule has 17 heavy (non-hydrogen) atoms. The summed E-state index contributed by atoms with van der Waals surface area (Å²) in [5, 5.41) is 11.4. The van der Waals surface area contributed by atoms with E-state index in [0.717, 1.165) is 25.0 Å². The summed E-state index contributed by atoms with van der Waals surface area (Å²) < 4.78 is 5.35. The molecule has 1 aliphatic carbocycles. The van der Waals surface area contributed by atoms with Crippen LogP contribution in [0.1, 0.15) is 58.3 Å². The molecule has 0 fully saturated rings. The van der Waals surface area contributed by atoms with Crippen LogP contribution in [0.2, 0.25) is 0 Å². The maximum atomic E-state index is 8.51. The van der Waals surface area contributed by atoms with Crippen LogP contribution in [0.3, 0.4) is 0 Å². The van der Waals surface area contributed by atoms with E-state index in [1.165, 1.54) is 32.1 Å². The summed E-state index contributed by atoms with van der Waals surface area (Å²) in [6.07, 6.45) is 11.7. The van der Waals surface area contributed by atoms with Crippen molar-refractivity contribution < 1.29 is 9.94 Å². The summed E-state index contributed by atoms with van der Waals surface area (Å²) >= 11 is 0. The molecule has 4 heteroatoms. The van der Waals surface area contributed by atoms with Gasteiger partial charge < -0.3 is 15.7 Å². The van der Waals surface area contributed by atoms with Crippen LogP contribution in [0.4, 0.5) is 0 Å². The van der Waals surface area contributed by atoms with Crippen LogP contribution in [-0.4, -0.2) is 11.2 Å². The average Bonchev–Trinajstić information content (AvgIpc) is 2.36. The van der Waals surface area contributed by atoms with Crippen molar-refractivity contribution in [2.24, 2.45) is 16.8 Å². The van der Waals surface area contributed by atoms with E-state index in [9.17, 15) is 0 Å². The standard InChI is InChI=1S/C13H24N2O2/c1-2-3-4-5-8-11-9-6-7-10-12(11)17-13(14)15-16/h10-11,16H,2-9H2,1H3,(H2,14,15). The highest BCUT2D eigenvalue weighted by Gasteiger charge is 2.19. The Morgan fingerprint density at radius 2 is 2.35 bits per heavy atom. The molecule has 0 aliphatic heterocycles. The molecule has 0 spiro atoms. The number of rotatable bonds is 6. The van der Waals surface area contributed by atoms with Gasteiger partial charge in [-0.1, -0.05) is 32.6 Å². The summed E-state index contributed by atoms with van der Waals surface area (Å²) in [6, 6.07) is -0.156. The lowest BCUT2D eigenvalue weighted by Gasteiger charge is -2.23. The molecule has 98 valence electrons. The van der Waals surface area contributed by atoms with Gasteiger partial charge in [0.05, 0.1) is 0 Å². The molecule has 1 atom stereocenters. The molecule has 0 radical (unpaired) electrons. The Labute approximate surface area is 104 Å². The van der Waals surface area contributed by atoms with Crippen LogP contribution in [-0.2, 0) is 4.74 Å². The van der Waals surface area contributed by atoms with Crippen LogP contribution in [0.25, 0.3) is 0 Å². The number of ether oxygens (including phenoxy) is 1. The lowest BCUT2D eigenvalue weighted by Crippen LogP contribution is -2.21. The quantitative estimate of drug-likeness (QED) is 0.246. The van der Waals surface area contributed by atoms with E-state index in [2.05, 4.69) is 18.2 Å². The van der Waals surface area contributed by atoms with E-state index in [0.29, 0.717) is 5.92 Å². The Balaban J connectivity index is 2.39. The first-order valence-electron chi connectivity index (χ1n) is 6.63. The number of nitrogens with zero attached hydrogens (tertiary/aromatic N) is 1. The molecular formula is C13H24N2O2. The minimum absolute atomic E-state index is 0.156. The van der Waals surface area contributed by atoms with Crippen molar-refractivity contribution in [1.82, 2.24) is 0 Å². The lowest BCUT2D eigenvalue weighted by molar-refractivity contribution is 0.253. The number of amidine groups is 1. The maximum absolute atomic E-state index is 8.51. The maximum Gasteiger partial charge on any atom is 0.326 e. The summed E-state index contributed by atoms with van der Waals surface area (Å²) in [5.41, 5.74) is 5.38. The van der Waals surface area contributed by atoms with E-state index in [4.69, 9.17) is 15.7 Å². The Morgan fingerprint density at radius 1 is 1.53 bits per heavy atom. The molecule has 0 saturated heterocycles. The second-order valence-corrected chi connectivity index (χ2v) is 4.62. The third-order valence-electron chi connectivity index (χ3n) is 3.23. The molecule has 0 heterocycles. The van der Waals surface area contributed by atoms with Gasteiger partial charge in [-0.3, -0.25) is 0 Å². The summed E-state index contributed by atoms with van der Waals surface area (Å²) in [7, 11) is 0. The number of allylic oxidation sites excluding steroid dienone is 2. The van der Waals surface area contributed by atoms with Crippen molar-refractivity contribution in [3.63, 3.8) is 0 Å². The zero-order chi connectivity index (χ0) is 12.5. The Bertz CT molecular complexity index is 275. The van der Waals surface area contributed by atoms with Gasteiger partial charge in [0.25, 0.3) is 0 Å². The Kier molecular flexibility index (Phi) is 6.51. The highest BCUT2D eigenvalue weighted by molar-refractivity contribution is 5.71. The summed E-state index contributed by atoms with van der Waals surface area (Å²) in [6.45, 7) is 2.22. The SMILES string of the molecule is CCCCCCC1CCCC=C1OC(N)=NO. The molecule has 1 aliphatic rings. The van der Waals surface area contributed by atoms with Crippen LogP contribution in [0.15, 0.2) is 17.0 Å². The van der Waals surface area contributed by atoms with Crippen molar-refractivity contribution in [3.05, 3.63) is 11.8 Å². The molecule has 0 saturated carbocycles.